The molecule has 0 aromatic heterocycles. The van der Waals surface area contributed by atoms with Crippen LogP contribution in [0.4, 0.5) is 11.4 Å². The summed E-state index contributed by atoms with van der Waals surface area (Å²) in [6.45, 7) is 0.415. The molecule has 25 heavy (non-hydrogen) atoms. The molecule has 2 rings (SSSR count). The van der Waals surface area contributed by atoms with Crippen molar-refractivity contribution in [2.75, 3.05) is 18.9 Å². The molecule has 1 N–H and O–H groups in total. The summed E-state index contributed by atoms with van der Waals surface area (Å²) in [7, 11) is 1.73. The van der Waals surface area contributed by atoms with Crippen LogP contribution in [-0.2, 0) is 11.3 Å². The Labute approximate surface area is 159 Å². The molecule has 1 amide bonds. The Hall–Kier alpha value is -1.86. The zero-order chi connectivity index (χ0) is 18.6. The highest BCUT2D eigenvalue weighted by Gasteiger charge is 2.17. The second kappa shape index (κ2) is 8.49. The molecule has 0 atom stereocenters. The zero-order valence-corrected chi connectivity index (χ0v) is 15.4. The molecule has 0 unspecified atom stereocenters. The topological polar surface area (TPSA) is 75.5 Å². The summed E-state index contributed by atoms with van der Waals surface area (Å²) in [5.41, 5.74) is 0.608. The number of carbonyl (C=O) groups excluding carboxylic acids is 1. The number of nitrogens with one attached hydrogen (secondary N) is 1. The third-order valence-corrected chi connectivity index (χ3v) is 4.41. The molecule has 0 radical (unpaired) electrons. The Morgan fingerprint density at radius 2 is 1.96 bits per heavy atom. The van der Waals surface area contributed by atoms with E-state index >= 15 is 0 Å². The van der Waals surface area contributed by atoms with Gasteiger partial charge in [0.05, 0.1) is 21.5 Å². The SMILES string of the molecule is CN(CC(=O)Nc1ccc(Cl)cc1[N+](=O)[O-])Cc1cccc(Cl)c1Cl. The average Bonchev–Trinajstić information content (AvgIpc) is 2.53. The highest BCUT2D eigenvalue weighted by molar-refractivity contribution is 6.42. The van der Waals surface area contributed by atoms with Crippen molar-refractivity contribution in [1.82, 2.24) is 4.90 Å². The molecule has 0 bridgehead atoms. The fraction of sp³-hybridized carbons (Fsp3) is 0.188. The molecule has 9 heteroatoms. The second-order valence-corrected chi connectivity index (χ2v) is 6.57. The summed E-state index contributed by atoms with van der Waals surface area (Å²) in [5, 5.41) is 14.7. The number of anilines is 1. The molecule has 2 aromatic carbocycles. The molecular formula is C16H14Cl3N3O3. The highest BCUT2D eigenvalue weighted by Crippen LogP contribution is 2.28. The quantitative estimate of drug-likeness (QED) is 0.565. The van der Waals surface area contributed by atoms with Crippen molar-refractivity contribution in [3.63, 3.8) is 0 Å². The molecule has 0 aliphatic carbocycles. The number of nitro benzene ring substituents is 1. The van der Waals surface area contributed by atoms with Gasteiger partial charge in [0.25, 0.3) is 5.69 Å². The number of rotatable bonds is 6. The van der Waals surface area contributed by atoms with E-state index in [2.05, 4.69) is 5.32 Å². The lowest BCUT2D eigenvalue weighted by Gasteiger charge is -2.17. The molecule has 0 saturated carbocycles. The molecule has 132 valence electrons. The first-order chi connectivity index (χ1) is 11.8. The van der Waals surface area contributed by atoms with Crippen LogP contribution in [0.3, 0.4) is 0 Å². The van der Waals surface area contributed by atoms with Crippen LogP contribution in [0.5, 0.6) is 0 Å². The van der Waals surface area contributed by atoms with Gasteiger partial charge >= 0.3 is 0 Å². The van der Waals surface area contributed by atoms with Crippen molar-refractivity contribution in [1.29, 1.82) is 0 Å². The number of nitro groups is 1. The normalized spacial score (nSPS) is 10.8. The average molecular weight is 403 g/mol. The minimum absolute atomic E-state index is 0.0165. The van der Waals surface area contributed by atoms with Gasteiger partial charge in [-0.2, -0.15) is 0 Å². The third-order valence-electron chi connectivity index (χ3n) is 3.32. The van der Waals surface area contributed by atoms with Crippen molar-refractivity contribution in [3.8, 4) is 0 Å². The molecule has 0 saturated heterocycles. The van der Waals surface area contributed by atoms with Crippen LogP contribution in [0.15, 0.2) is 36.4 Å². The van der Waals surface area contributed by atoms with Crippen LogP contribution in [0, 0.1) is 10.1 Å². The lowest BCUT2D eigenvalue weighted by atomic mass is 10.2. The summed E-state index contributed by atoms with van der Waals surface area (Å²) in [6, 6.07) is 9.32. The van der Waals surface area contributed by atoms with Gasteiger partial charge < -0.3 is 5.32 Å². The first kappa shape index (κ1) is 19.5. The Kier molecular flexibility index (Phi) is 6.61. The van der Waals surface area contributed by atoms with E-state index in [1.165, 1.54) is 18.2 Å². The second-order valence-electron chi connectivity index (χ2n) is 5.35. The number of benzene rings is 2. The molecule has 0 aliphatic heterocycles. The summed E-state index contributed by atoms with van der Waals surface area (Å²) in [4.78, 5) is 24.3. The maximum Gasteiger partial charge on any atom is 0.294 e. The predicted octanol–water partition coefficient (Wildman–Crippen LogP) is 4.63. The van der Waals surface area contributed by atoms with E-state index in [0.717, 1.165) is 5.56 Å². The monoisotopic (exact) mass is 401 g/mol. The zero-order valence-electron chi connectivity index (χ0n) is 13.1. The lowest BCUT2D eigenvalue weighted by Crippen LogP contribution is -2.30. The lowest BCUT2D eigenvalue weighted by molar-refractivity contribution is -0.383. The summed E-state index contributed by atoms with van der Waals surface area (Å²) in [6.07, 6.45) is 0. The minimum atomic E-state index is -0.600. The van der Waals surface area contributed by atoms with Crippen molar-refractivity contribution in [2.24, 2.45) is 0 Å². The van der Waals surface area contributed by atoms with Crippen LogP contribution in [0.1, 0.15) is 5.56 Å². The molecule has 0 fully saturated rings. The van der Waals surface area contributed by atoms with Gasteiger partial charge in [-0.15, -0.1) is 0 Å². The van der Waals surface area contributed by atoms with E-state index < -0.39 is 10.8 Å². The highest BCUT2D eigenvalue weighted by atomic mass is 35.5. The largest absolute Gasteiger partial charge is 0.319 e. The van der Waals surface area contributed by atoms with Gasteiger partial charge in [0, 0.05) is 17.6 Å². The van der Waals surface area contributed by atoms with Crippen LogP contribution < -0.4 is 5.32 Å². The summed E-state index contributed by atoms with van der Waals surface area (Å²) < 4.78 is 0. The van der Waals surface area contributed by atoms with Crippen LogP contribution >= 0.6 is 34.8 Å². The number of hydrogen-bond donors (Lipinski definition) is 1. The van der Waals surface area contributed by atoms with E-state index in [0.29, 0.717) is 16.6 Å². The Morgan fingerprint density at radius 3 is 2.64 bits per heavy atom. The molecule has 2 aromatic rings. The first-order valence-electron chi connectivity index (χ1n) is 7.13. The molecule has 6 nitrogen and oxygen atoms in total. The Bertz CT molecular complexity index is 814. The van der Waals surface area contributed by atoms with Crippen molar-refractivity contribution < 1.29 is 9.72 Å². The fourth-order valence-electron chi connectivity index (χ4n) is 2.21. The van der Waals surface area contributed by atoms with E-state index in [1.54, 1.807) is 24.1 Å². The van der Waals surface area contributed by atoms with Gasteiger partial charge in [-0.05, 0) is 30.8 Å². The number of nitrogens with zero attached hydrogens (tertiary/aromatic N) is 2. The van der Waals surface area contributed by atoms with E-state index in [4.69, 9.17) is 34.8 Å². The van der Waals surface area contributed by atoms with Crippen LogP contribution in [-0.4, -0.2) is 29.3 Å². The van der Waals surface area contributed by atoms with Crippen molar-refractivity contribution in [3.05, 3.63) is 67.1 Å². The Balaban J connectivity index is 2.03. The maximum absolute atomic E-state index is 12.2. The molecule has 0 heterocycles. The van der Waals surface area contributed by atoms with Gasteiger partial charge in [0.2, 0.25) is 5.91 Å². The van der Waals surface area contributed by atoms with E-state index in [9.17, 15) is 14.9 Å². The van der Waals surface area contributed by atoms with Crippen LogP contribution in [0.2, 0.25) is 15.1 Å². The third kappa shape index (κ3) is 5.31. The number of likely N-dealkylation sites (N-methyl/N-ethyl adjacent to an activating group) is 1. The maximum atomic E-state index is 12.2. The number of carbonyl (C=O) groups is 1. The smallest absolute Gasteiger partial charge is 0.294 e. The van der Waals surface area contributed by atoms with Crippen LogP contribution in [0.25, 0.3) is 0 Å². The number of halogens is 3. The molecule has 0 aliphatic rings. The van der Waals surface area contributed by atoms with Crippen molar-refractivity contribution >= 4 is 52.1 Å². The van der Waals surface area contributed by atoms with Gasteiger partial charge in [-0.1, -0.05) is 46.9 Å². The number of hydrogen-bond acceptors (Lipinski definition) is 4. The summed E-state index contributed by atoms with van der Waals surface area (Å²) >= 11 is 17.8. The van der Waals surface area contributed by atoms with E-state index in [1.807, 2.05) is 6.07 Å². The van der Waals surface area contributed by atoms with Gasteiger partial charge in [0.15, 0.2) is 0 Å². The number of amides is 1. The van der Waals surface area contributed by atoms with E-state index in [-0.39, 0.29) is 22.9 Å². The minimum Gasteiger partial charge on any atom is -0.319 e. The molecular weight excluding hydrogens is 389 g/mol. The Morgan fingerprint density at radius 1 is 1.24 bits per heavy atom. The fourth-order valence-corrected chi connectivity index (χ4v) is 2.76. The standard InChI is InChI=1S/C16H14Cl3N3O3/c1-21(8-10-3-2-4-12(18)16(10)19)9-15(23)20-13-6-5-11(17)7-14(13)22(24)25/h2-7H,8-9H2,1H3,(H,20,23). The van der Waals surface area contributed by atoms with Crippen molar-refractivity contribution in [2.45, 2.75) is 6.54 Å². The summed E-state index contributed by atoms with van der Waals surface area (Å²) in [5.74, 6) is -0.397. The molecule has 0 spiro atoms. The first-order valence-corrected chi connectivity index (χ1v) is 8.26. The van der Waals surface area contributed by atoms with Gasteiger partial charge in [0.1, 0.15) is 5.69 Å². The van der Waals surface area contributed by atoms with Gasteiger partial charge in [-0.25, -0.2) is 0 Å². The van der Waals surface area contributed by atoms with Gasteiger partial charge in [-0.3, -0.25) is 19.8 Å². The predicted molar refractivity (Wildman–Crippen MR) is 99.5 cm³/mol.